The largest absolute Gasteiger partial charge is 0.492 e. The standard InChI is InChI=1S/C18H20N2O3/c1-14(21)19-16-8-6-7-15(13-16)18(22)20(2)11-12-23-17-9-4-3-5-10-17/h3-10,13H,11-12H2,1-2H3,(H,19,21). The third kappa shape index (κ3) is 5.14. The lowest BCUT2D eigenvalue weighted by molar-refractivity contribution is -0.114. The molecule has 0 unspecified atom stereocenters. The Kier molecular flexibility index (Phi) is 5.74. The fraction of sp³-hybridized carbons (Fsp3) is 0.222. The van der Waals surface area contributed by atoms with Crippen molar-refractivity contribution in [1.82, 2.24) is 4.90 Å². The summed E-state index contributed by atoms with van der Waals surface area (Å²) in [6, 6.07) is 16.3. The van der Waals surface area contributed by atoms with Gasteiger partial charge >= 0.3 is 0 Å². The first-order chi connectivity index (χ1) is 11.1. The molecule has 0 spiro atoms. The van der Waals surface area contributed by atoms with E-state index in [1.165, 1.54) is 6.92 Å². The van der Waals surface area contributed by atoms with Gasteiger partial charge in [0.05, 0.1) is 6.54 Å². The van der Waals surface area contributed by atoms with Crippen molar-refractivity contribution in [1.29, 1.82) is 0 Å². The van der Waals surface area contributed by atoms with Gasteiger partial charge in [0.25, 0.3) is 5.91 Å². The zero-order valence-corrected chi connectivity index (χ0v) is 13.3. The molecule has 0 aromatic heterocycles. The molecule has 2 rings (SSSR count). The molecule has 0 saturated heterocycles. The average molecular weight is 312 g/mol. The fourth-order valence-electron chi connectivity index (χ4n) is 2.07. The van der Waals surface area contributed by atoms with E-state index < -0.39 is 0 Å². The number of nitrogens with zero attached hydrogens (tertiary/aromatic N) is 1. The molecular weight excluding hydrogens is 292 g/mol. The van der Waals surface area contributed by atoms with Crippen LogP contribution in [0.4, 0.5) is 5.69 Å². The summed E-state index contributed by atoms with van der Waals surface area (Å²) in [6.45, 7) is 2.32. The van der Waals surface area contributed by atoms with Crippen molar-refractivity contribution in [3.05, 3.63) is 60.2 Å². The third-order valence-corrected chi connectivity index (χ3v) is 3.22. The number of rotatable bonds is 6. The molecule has 0 aliphatic rings. The summed E-state index contributed by atoms with van der Waals surface area (Å²) >= 11 is 0. The second-order valence-corrected chi connectivity index (χ2v) is 5.15. The zero-order chi connectivity index (χ0) is 16.7. The maximum absolute atomic E-state index is 12.4. The van der Waals surface area contributed by atoms with E-state index in [1.807, 2.05) is 30.3 Å². The van der Waals surface area contributed by atoms with Crippen LogP contribution in [0.3, 0.4) is 0 Å². The van der Waals surface area contributed by atoms with Crippen LogP contribution in [0.15, 0.2) is 54.6 Å². The second-order valence-electron chi connectivity index (χ2n) is 5.15. The highest BCUT2D eigenvalue weighted by atomic mass is 16.5. The molecule has 0 fully saturated rings. The molecule has 2 amide bonds. The van der Waals surface area contributed by atoms with E-state index in [2.05, 4.69) is 5.32 Å². The van der Waals surface area contributed by atoms with E-state index in [0.717, 1.165) is 5.75 Å². The van der Waals surface area contributed by atoms with E-state index in [1.54, 1.807) is 36.2 Å². The van der Waals surface area contributed by atoms with Crippen LogP contribution in [0.5, 0.6) is 5.75 Å². The molecule has 2 aromatic carbocycles. The Hall–Kier alpha value is -2.82. The van der Waals surface area contributed by atoms with Crippen molar-refractivity contribution in [2.24, 2.45) is 0 Å². The van der Waals surface area contributed by atoms with Gasteiger partial charge in [-0.3, -0.25) is 9.59 Å². The van der Waals surface area contributed by atoms with Crippen molar-refractivity contribution in [2.75, 3.05) is 25.5 Å². The van der Waals surface area contributed by atoms with Gasteiger partial charge in [0.1, 0.15) is 12.4 Å². The summed E-state index contributed by atoms with van der Waals surface area (Å²) in [5.41, 5.74) is 1.13. The Bertz CT molecular complexity index is 671. The lowest BCUT2D eigenvalue weighted by atomic mass is 10.1. The van der Waals surface area contributed by atoms with Crippen molar-refractivity contribution in [2.45, 2.75) is 6.92 Å². The van der Waals surface area contributed by atoms with E-state index in [4.69, 9.17) is 4.74 Å². The maximum Gasteiger partial charge on any atom is 0.253 e. The minimum absolute atomic E-state index is 0.117. The first-order valence-electron chi connectivity index (χ1n) is 7.37. The Morgan fingerprint density at radius 2 is 1.83 bits per heavy atom. The Morgan fingerprint density at radius 1 is 1.09 bits per heavy atom. The van der Waals surface area contributed by atoms with Gasteiger partial charge in [-0.1, -0.05) is 24.3 Å². The Labute approximate surface area is 135 Å². The van der Waals surface area contributed by atoms with Crippen molar-refractivity contribution < 1.29 is 14.3 Å². The van der Waals surface area contributed by atoms with Crippen LogP contribution >= 0.6 is 0 Å². The van der Waals surface area contributed by atoms with Crippen molar-refractivity contribution in [3.8, 4) is 5.75 Å². The summed E-state index contributed by atoms with van der Waals surface area (Å²) in [5.74, 6) is 0.495. The molecule has 120 valence electrons. The monoisotopic (exact) mass is 312 g/mol. The van der Waals surface area contributed by atoms with E-state index in [0.29, 0.717) is 24.4 Å². The molecule has 0 aliphatic carbocycles. The topological polar surface area (TPSA) is 58.6 Å². The lowest BCUT2D eigenvalue weighted by Crippen LogP contribution is -2.30. The number of hydrogen-bond donors (Lipinski definition) is 1. The molecule has 23 heavy (non-hydrogen) atoms. The number of hydrogen-bond acceptors (Lipinski definition) is 3. The van der Waals surface area contributed by atoms with Crippen LogP contribution < -0.4 is 10.1 Å². The van der Waals surface area contributed by atoms with Crippen LogP contribution in [0.25, 0.3) is 0 Å². The molecule has 2 aromatic rings. The number of carbonyl (C=O) groups is 2. The highest BCUT2D eigenvalue weighted by Crippen LogP contribution is 2.13. The number of amides is 2. The number of benzene rings is 2. The van der Waals surface area contributed by atoms with Gasteiger partial charge in [-0.15, -0.1) is 0 Å². The minimum Gasteiger partial charge on any atom is -0.492 e. The predicted octanol–water partition coefficient (Wildman–Crippen LogP) is 2.80. The van der Waals surface area contributed by atoms with Crippen LogP contribution in [0.2, 0.25) is 0 Å². The van der Waals surface area contributed by atoms with Crippen LogP contribution in [-0.4, -0.2) is 36.9 Å². The van der Waals surface area contributed by atoms with Crippen molar-refractivity contribution >= 4 is 17.5 Å². The molecule has 5 nitrogen and oxygen atoms in total. The highest BCUT2D eigenvalue weighted by Gasteiger charge is 2.12. The van der Waals surface area contributed by atoms with E-state index in [-0.39, 0.29) is 11.8 Å². The quantitative estimate of drug-likeness (QED) is 0.892. The molecule has 0 radical (unpaired) electrons. The normalized spacial score (nSPS) is 10.0. The summed E-state index contributed by atoms with van der Waals surface area (Å²) in [4.78, 5) is 25.1. The molecule has 1 N–H and O–H groups in total. The van der Waals surface area contributed by atoms with Gasteiger partial charge < -0.3 is 15.0 Å². The first kappa shape index (κ1) is 16.5. The van der Waals surface area contributed by atoms with Crippen LogP contribution in [-0.2, 0) is 4.79 Å². The second kappa shape index (κ2) is 7.98. The van der Waals surface area contributed by atoms with Gasteiger partial charge in [0.15, 0.2) is 0 Å². The van der Waals surface area contributed by atoms with E-state index in [9.17, 15) is 9.59 Å². The van der Waals surface area contributed by atoms with Crippen molar-refractivity contribution in [3.63, 3.8) is 0 Å². The van der Waals surface area contributed by atoms with Gasteiger partial charge in [-0.05, 0) is 30.3 Å². The first-order valence-corrected chi connectivity index (χ1v) is 7.37. The predicted molar refractivity (Wildman–Crippen MR) is 89.6 cm³/mol. The number of ether oxygens (including phenoxy) is 1. The SMILES string of the molecule is CC(=O)Nc1cccc(C(=O)N(C)CCOc2ccccc2)c1. The number of nitrogens with one attached hydrogen (secondary N) is 1. The molecule has 0 heterocycles. The summed E-state index contributed by atoms with van der Waals surface area (Å²) < 4.78 is 5.59. The zero-order valence-electron chi connectivity index (χ0n) is 13.3. The minimum atomic E-state index is -0.167. The molecule has 0 saturated carbocycles. The van der Waals surface area contributed by atoms with Gasteiger partial charge in [0, 0.05) is 25.2 Å². The van der Waals surface area contributed by atoms with Crippen LogP contribution in [0.1, 0.15) is 17.3 Å². The lowest BCUT2D eigenvalue weighted by Gasteiger charge is -2.18. The smallest absolute Gasteiger partial charge is 0.253 e. The molecule has 0 atom stereocenters. The summed E-state index contributed by atoms with van der Waals surface area (Å²) in [7, 11) is 1.72. The van der Waals surface area contributed by atoms with Crippen LogP contribution in [0, 0.1) is 0 Å². The Morgan fingerprint density at radius 3 is 2.52 bits per heavy atom. The summed E-state index contributed by atoms with van der Waals surface area (Å²) in [5, 5.41) is 2.67. The van der Waals surface area contributed by atoms with Gasteiger partial charge in [-0.25, -0.2) is 0 Å². The molecule has 5 heteroatoms. The Balaban J connectivity index is 1.90. The van der Waals surface area contributed by atoms with Gasteiger partial charge in [0.2, 0.25) is 5.91 Å². The average Bonchev–Trinajstić information content (AvgIpc) is 2.54. The summed E-state index contributed by atoms with van der Waals surface area (Å²) in [6.07, 6.45) is 0. The van der Waals surface area contributed by atoms with E-state index >= 15 is 0 Å². The molecular formula is C18H20N2O3. The number of likely N-dealkylation sites (N-methyl/N-ethyl adjacent to an activating group) is 1. The molecule has 0 bridgehead atoms. The maximum atomic E-state index is 12.4. The number of anilines is 1. The highest BCUT2D eigenvalue weighted by molar-refractivity contribution is 5.96. The number of para-hydroxylation sites is 1. The third-order valence-electron chi connectivity index (χ3n) is 3.22. The fourth-order valence-corrected chi connectivity index (χ4v) is 2.07. The molecule has 0 aliphatic heterocycles. The number of carbonyl (C=O) groups excluding carboxylic acids is 2. The van der Waals surface area contributed by atoms with Gasteiger partial charge in [-0.2, -0.15) is 0 Å².